The Morgan fingerprint density at radius 2 is 0.972 bits per heavy atom. The van der Waals surface area contributed by atoms with Crippen LogP contribution in [0.3, 0.4) is 0 Å². The highest BCUT2D eigenvalue weighted by Gasteiger charge is 2.28. The van der Waals surface area contributed by atoms with E-state index >= 15 is 0 Å². The fourth-order valence-corrected chi connectivity index (χ4v) is 4.48. The molecule has 0 aliphatic carbocycles. The molecule has 0 spiro atoms. The largest absolute Gasteiger partial charge is 0.394 e. The number of nitrogens with zero attached hydrogens (tertiary/aromatic N) is 4. The van der Waals surface area contributed by atoms with Crippen LogP contribution in [0.1, 0.15) is 11.4 Å². The zero-order chi connectivity index (χ0) is 26.0. The van der Waals surface area contributed by atoms with Gasteiger partial charge in [-0.05, 0) is 38.1 Å². The summed E-state index contributed by atoms with van der Waals surface area (Å²) in [6.45, 7) is 2.25. The lowest BCUT2D eigenvalue weighted by Crippen LogP contribution is -2.28. The molecular formula is C26H30N4O6. The van der Waals surface area contributed by atoms with Crippen molar-refractivity contribution in [2.45, 2.75) is 39.1 Å². The van der Waals surface area contributed by atoms with Crippen LogP contribution in [0.4, 0.5) is 0 Å². The van der Waals surface area contributed by atoms with Crippen LogP contribution in [0.25, 0.3) is 22.5 Å². The van der Waals surface area contributed by atoms with Crippen molar-refractivity contribution in [2.24, 2.45) is 0 Å². The second kappa shape index (κ2) is 10.5. The van der Waals surface area contributed by atoms with E-state index in [-0.39, 0.29) is 24.2 Å². The standard InChI is InChI=1S/C26H30N4O6/c1-17-23(25(35)29(19-9-5-3-6-10-19)27(17)13-21(33)15-31)24-18(2)28(14-22(34)16-32)30(26(24)36)20-11-7-4-8-12-20/h3-12,21-22,31-34H,13-16H2,1-2H3. The van der Waals surface area contributed by atoms with E-state index in [1.807, 2.05) is 12.1 Å². The van der Waals surface area contributed by atoms with E-state index < -0.39 is 36.5 Å². The molecule has 0 bridgehead atoms. The van der Waals surface area contributed by atoms with Crippen LogP contribution in [0, 0.1) is 13.8 Å². The van der Waals surface area contributed by atoms with Gasteiger partial charge >= 0.3 is 0 Å². The van der Waals surface area contributed by atoms with E-state index in [2.05, 4.69) is 0 Å². The molecule has 4 N–H and O–H groups in total. The monoisotopic (exact) mass is 494 g/mol. The predicted octanol–water partition coefficient (Wildman–Crippen LogP) is 0.582. The number of aliphatic hydroxyl groups excluding tert-OH is 4. The van der Waals surface area contributed by atoms with Gasteiger partial charge in [-0.3, -0.25) is 19.0 Å². The fraction of sp³-hybridized carbons (Fsp3) is 0.308. The van der Waals surface area contributed by atoms with E-state index in [0.29, 0.717) is 22.8 Å². The van der Waals surface area contributed by atoms with E-state index in [1.54, 1.807) is 71.7 Å². The Hall–Kier alpha value is -3.70. The van der Waals surface area contributed by atoms with Crippen LogP contribution in [0.15, 0.2) is 70.3 Å². The minimum atomic E-state index is -1.12. The minimum Gasteiger partial charge on any atom is -0.394 e. The van der Waals surface area contributed by atoms with Crippen molar-refractivity contribution in [2.75, 3.05) is 13.2 Å². The van der Waals surface area contributed by atoms with Gasteiger partial charge in [-0.2, -0.15) is 0 Å². The number of benzene rings is 2. The normalized spacial score (nSPS) is 13.2. The van der Waals surface area contributed by atoms with Gasteiger partial charge < -0.3 is 20.4 Å². The van der Waals surface area contributed by atoms with Crippen LogP contribution in [-0.4, -0.2) is 64.6 Å². The molecule has 190 valence electrons. The summed E-state index contributed by atoms with van der Waals surface area (Å²) in [4.78, 5) is 27.7. The average molecular weight is 495 g/mol. The van der Waals surface area contributed by atoms with E-state index in [4.69, 9.17) is 0 Å². The average Bonchev–Trinajstić information content (AvgIpc) is 3.27. The molecule has 0 aliphatic heterocycles. The van der Waals surface area contributed by atoms with E-state index in [0.717, 1.165) is 0 Å². The first kappa shape index (κ1) is 25.4. The first-order valence-corrected chi connectivity index (χ1v) is 11.6. The molecule has 2 heterocycles. The Kier molecular flexibility index (Phi) is 7.41. The van der Waals surface area contributed by atoms with Gasteiger partial charge in [0.1, 0.15) is 0 Å². The number of aromatic nitrogens is 4. The van der Waals surface area contributed by atoms with Crippen LogP contribution in [0.5, 0.6) is 0 Å². The summed E-state index contributed by atoms with van der Waals surface area (Å²) >= 11 is 0. The second-order valence-corrected chi connectivity index (χ2v) is 8.66. The molecule has 0 saturated carbocycles. The first-order valence-electron chi connectivity index (χ1n) is 11.6. The lowest BCUT2D eigenvalue weighted by Gasteiger charge is -2.16. The predicted molar refractivity (Wildman–Crippen MR) is 135 cm³/mol. The van der Waals surface area contributed by atoms with Crippen LogP contribution >= 0.6 is 0 Å². The highest BCUT2D eigenvalue weighted by Crippen LogP contribution is 2.25. The third kappa shape index (κ3) is 4.47. The van der Waals surface area contributed by atoms with Gasteiger partial charge in [0.15, 0.2) is 0 Å². The number of hydrogen-bond donors (Lipinski definition) is 4. The maximum atomic E-state index is 13.9. The SMILES string of the molecule is Cc1c(-c2c(C)n(CC(O)CO)n(-c3ccccc3)c2=O)c(=O)n(-c2ccccc2)n1CC(O)CO. The maximum absolute atomic E-state index is 13.9. The first-order chi connectivity index (χ1) is 17.3. The molecule has 4 aromatic rings. The lowest BCUT2D eigenvalue weighted by molar-refractivity contribution is 0.0757. The number of para-hydroxylation sites is 2. The lowest BCUT2D eigenvalue weighted by atomic mass is 10.1. The molecule has 10 heteroatoms. The smallest absolute Gasteiger partial charge is 0.279 e. The minimum absolute atomic E-state index is 0.0671. The summed E-state index contributed by atoms with van der Waals surface area (Å²) in [7, 11) is 0. The topological polar surface area (TPSA) is 135 Å². The summed E-state index contributed by atoms with van der Waals surface area (Å²) in [5.74, 6) is 0. The third-order valence-corrected chi connectivity index (χ3v) is 6.23. The summed E-state index contributed by atoms with van der Waals surface area (Å²) < 4.78 is 5.88. The second-order valence-electron chi connectivity index (χ2n) is 8.66. The van der Waals surface area contributed by atoms with Crippen LogP contribution in [-0.2, 0) is 13.1 Å². The van der Waals surface area contributed by atoms with E-state index in [9.17, 15) is 30.0 Å². The van der Waals surface area contributed by atoms with Crippen molar-refractivity contribution in [3.63, 3.8) is 0 Å². The molecule has 0 amide bonds. The Balaban J connectivity index is 2.04. The number of rotatable bonds is 9. The molecule has 0 aliphatic rings. The zero-order valence-corrected chi connectivity index (χ0v) is 20.2. The third-order valence-electron chi connectivity index (χ3n) is 6.23. The maximum Gasteiger partial charge on any atom is 0.279 e. The molecule has 0 radical (unpaired) electrons. The molecule has 0 saturated heterocycles. The van der Waals surface area contributed by atoms with Gasteiger partial charge in [-0.1, -0.05) is 36.4 Å². The van der Waals surface area contributed by atoms with Crippen LogP contribution < -0.4 is 11.1 Å². The highest BCUT2D eigenvalue weighted by atomic mass is 16.3. The van der Waals surface area contributed by atoms with E-state index in [1.165, 1.54) is 9.36 Å². The molecule has 10 nitrogen and oxygen atoms in total. The molecule has 2 aromatic carbocycles. The van der Waals surface area contributed by atoms with Gasteiger partial charge in [-0.15, -0.1) is 0 Å². The van der Waals surface area contributed by atoms with Gasteiger partial charge in [0.2, 0.25) is 0 Å². The summed E-state index contributed by atoms with van der Waals surface area (Å²) in [5, 5.41) is 39.3. The van der Waals surface area contributed by atoms with Crippen molar-refractivity contribution in [3.05, 3.63) is 92.8 Å². The fourth-order valence-electron chi connectivity index (χ4n) is 4.48. The Morgan fingerprint density at radius 3 is 1.28 bits per heavy atom. The van der Waals surface area contributed by atoms with Crippen molar-refractivity contribution < 1.29 is 20.4 Å². The number of hydrogen-bond acceptors (Lipinski definition) is 6. The van der Waals surface area contributed by atoms with Crippen molar-refractivity contribution in [1.82, 2.24) is 18.7 Å². The number of aliphatic hydroxyl groups is 4. The van der Waals surface area contributed by atoms with Gasteiger partial charge in [-0.25, -0.2) is 9.36 Å². The molecule has 36 heavy (non-hydrogen) atoms. The molecule has 4 rings (SSSR count). The van der Waals surface area contributed by atoms with Gasteiger partial charge in [0, 0.05) is 11.4 Å². The van der Waals surface area contributed by atoms with Gasteiger partial charge in [0.05, 0.1) is 61.0 Å². The molecule has 2 atom stereocenters. The Morgan fingerprint density at radius 1 is 0.639 bits per heavy atom. The molecule has 2 unspecified atom stereocenters. The Bertz CT molecular complexity index is 1340. The molecule has 0 fully saturated rings. The summed E-state index contributed by atoms with van der Waals surface area (Å²) in [6.07, 6.45) is -2.24. The Labute approximate surface area is 207 Å². The summed E-state index contributed by atoms with van der Waals surface area (Å²) in [5.41, 5.74) is 1.37. The van der Waals surface area contributed by atoms with Crippen molar-refractivity contribution in [3.8, 4) is 22.5 Å². The molecular weight excluding hydrogens is 464 g/mol. The zero-order valence-electron chi connectivity index (χ0n) is 20.2. The quantitative estimate of drug-likeness (QED) is 0.269. The molecule has 2 aromatic heterocycles. The van der Waals surface area contributed by atoms with Gasteiger partial charge in [0.25, 0.3) is 11.1 Å². The summed E-state index contributed by atoms with van der Waals surface area (Å²) in [6, 6.07) is 17.7. The van der Waals surface area contributed by atoms with Crippen LogP contribution in [0.2, 0.25) is 0 Å². The highest BCUT2D eigenvalue weighted by molar-refractivity contribution is 5.68. The van der Waals surface area contributed by atoms with Crippen molar-refractivity contribution in [1.29, 1.82) is 0 Å². The van der Waals surface area contributed by atoms with Crippen molar-refractivity contribution >= 4 is 0 Å².